The summed E-state index contributed by atoms with van der Waals surface area (Å²) < 4.78 is 18.8. The van der Waals surface area contributed by atoms with Crippen LogP contribution in [0.3, 0.4) is 0 Å². The van der Waals surface area contributed by atoms with Gasteiger partial charge in [0.15, 0.2) is 22.9 Å². The molecule has 3 heterocycles. The number of ketones is 2. The number of Topliss-reactive ketones (excluding diaryl/α,β-unsaturated/α-hetero) is 1. The highest BCUT2D eigenvalue weighted by Gasteiger charge is 2.83. The molecule has 4 fully saturated rings. The second-order valence-electron chi connectivity index (χ2n) is 11.3. The largest absolute Gasteiger partial charge is 0.473 e. The third-order valence-corrected chi connectivity index (χ3v) is 10.6. The maximum Gasteiger partial charge on any atom is 0.222 e. The van der Waals surface area contributed by atoms with Crippen molar-refractivity contribution in [2.24, 2.45) is 28.6 Å². The second-order valence-corrected chi connectivity index (χ2v) is 11.7. The van der Waals surface area contributed by atoms with Gasteiger partial charge in [-0.15, -0.1) is 0 Å². The van der Waals surface area contributed by atoms with E-state index < -0.39 is 11.0 Å². The van der Waals surface area contributed by atoms with Crippen LogP contribution in [0, 0.1) is 28.6 Å². The highest BCUT2D eigenvalue weighted by Crippen LogP contribution is 2.77. The minimum atomic E-state index is -1.01. The summed E-state index contributed by atoms with van der Waals surface area (Å²) in [6, 6.07) is 3.56. The number of carbonyl (C=O) groups excluding carboxylic acids is 2. The Morgan fingerprint density at radius 2 is 2.00 bits per heavy atom. The predicted octanol–water partition coefficient (Wildman–Crippen LogP) is 5.21. The van der Waals surface area contributed by atoms with Gasteiger partial charge in [0.25, 0.3) is 0 Å². The minimum absolute atomic E-state index is 0.0176. The number of furan rings is 1. The van der Waals surface area contributed by atoms with Gasteiger partial charge in [-0.2, -0.15) is 0 Å². The SMILES string of the molecule is C[C@@H]1C[C@H]2[C@@H]3CCC4=CC(=O)C=C[C@]4(C)[C@@]34O[C@H]4C[C@]2(C)[C@]12OC(c1ccco1)=C(Cl)C2=O. The van der Waals surface area contributed by atoms with Crippen LogP contribution in [0.5, 0.6) is 0 Å². The highest BCUT2D eigenvalue weighted by molar-refractivity contribution is 6.47. The average Bonchev–Trinajstić information content (AvgIpc) is 3.07. The third kappa shape index (κ3) is 2.03. The first-order valence-corrected chi connectivity index (χ1v) is 12.4. The van der Waals surface area contributed by atoms with Crippen molar-refractivity contribution in [3.8, 4) is 0 Å². The maximum atomic E-state index is 13.9. The molecular weight excluding hydrogens is 440 g/mol. The summed E-state index contributed by atoms with van der Waals surface area (Å²) in [7, 11) is 0. The van der Waals surface area contributed by atoms with Crippen molar-refractivity contribution >= 4 is 28.9 Å². The summed E-state index contributed by atoms with van der Waals surface area (Å²) in [5.74, 6) is 1.39. The van der Waals surface area contributed by atoms with Crippen molar-refractivity contribution < 1.29 is 23.5 Å². The summed E-state index contributed by atoms with van der Waals surface area (Å²) in [5, 5.41) is 0.141. The Morgan fingerprint density at radius 3 is 2.76 bits per heavy atom. The molecule has 5 nitrogen and oxygen atoms in total. The zero-order valence-electron chi connectivity index (χ0n) is 19.0. The Hall–Kier alpha value is -2.11. The second kappa shape index (κ2) is 5.92. The van der Waals surface area contributed by atoms with Gasteiger partial charge in [0.2, 0.25) is 5.78 Å². The minimum Gasteiger partial charge on any atom is -0.473 e. The third-order valence-electron chi connectivity index (χ3n) is 10.2. The Bertz CT molecular complexity index is 1210. The van der Waals surface area contributed by atoms with E-state index in [2.05, 4.69) is 26.8 Å². The molecule has 0 amide bonds. The lowest BCUT2D eigenvalue weighted by Gasteiger charge is -2.55. The van der Waals surface area contributed by atoms with E-state index in [1.165, 1.54) is 5.57 Å². The van der Waals surface area contributed by atoms with Gasteiger partial charge in [-0.3, -0.25) is 9.59 Å². The van der Waals surface area contributed by atoms with Gasteiger partial charge in [-0.05, 0) is 68.7 Å². The monoisotopic (exact) mass is 466 g/mol. The first kappa shape index (κ1) is 20.3. The van der Waals surface area contributed by atoms with E-state index in [1.54, 1.807) is 24.5 Å². The summed E-state index contributed by atoms with van der Waals surface area (Å²) >= 11 is 6.62. The summed E-state index contributed by atoms with van der Waals surface area (Å²) in [6.07, 6.45) is 10.7. The Balaban J connectivity index is 1.32. The Labute approximate surface area is 197 Å². The van der Waals surface area contributed by atoms with Gasteiger partial charge < -0.3 is 13.9 Å². The van der Waals surface area contributed by atoms with Crippen LogP contribution in [-0.2, 0) is 19.1 Å². The molecule has 1 aromatic rings. The molecule has 6 heteroatoms. The van der Waals surface area contributed by atoms with Gasteiger partial charge in [0.05, 0.1) is 12.4 Å². The lowest BCUT2D eigenvalue weighted by Crippen LogP contribution is -2.61. The van der Waals surface area contributed by atoms with Gasteiger partial charge in [0.1, 0.15) is 10.6 Å². The lowest BCUT2D eigenvalue weighted by atomic mass is 9.47. The molecule has 172 valence electrons. The molecule has 0 N–H and O–H groups in total. The molecule has 4 aliphatic carbocycles. The number of allylic oxidation sites excluding steroid dienone is 2. The molecule has 7 rings (SSSR count). The van der Waals surface area contributed by atoms with Crippen molar-refractivity contribution in [2.75, 3.05) is 0 Å². The number of rotatable bonds is 1. The van der Waals surface area contributed by atoms with E-state index in [-0.39, 0.29) is 45.6 Å². The van der Waals surface area contributed by atoms with Crippen LogP contribution in [0.2, 0.25) is 0 Å². The van der Waals surface area contributed by atoms with Crippen LogP contribution in [0.4, 0.5) is 0 Å². The number of halogens is 1. The van der Waals surface area contributed by atoms with Gasteiger partial charge in [-0.1, -0.05) is 37.1 Å². The van der Waals surface area contributed by atoms with Crippen LogP contribution in [0.25, 0.3) is 5.76 Å². The van der Waals surface area contributed by atoms with Gasteiger partial charge in [0, 0.05) is 16.7 Å². The molecule has 0 radical (unpaired) electrons. The van der Waals surface area contributed by atoms with Crippen LogP contribution in [0.15, 0.2) is 51.6 Å². The number of fused-ring (bicyclic) bond motifs is 4. The molecule has 6 aliphatic rings. The number of carbonyl (C=O) groups is 2. The fraction of sp³-hybridized carbons (Fsp3) is 0.556. The normalized spacial score (nSPS) is 49.4. The van der Waals surface area contributed by atoms with Crippen LogP contribution < -0.4 is 0 Å². The molecule has 1 aromatic heterocycles. The molecule has 2 aliphatic heterocycles. The predicted molar refractivity (Wildman–Crippen MR) is 121 cm³/mol. The summed E-state index contributed by atoms with van der Waals surface area (Å²) in [4.78, 5) is 26.0. The van der Waals surface area contributed by atoms with E-state index in [0.717, 1.165) is 25.7 Å². The lowest BCUT2D eigenvalue weighted by molar-refractivity contribution is -0.152. The zero-order chi connectivity index (χ0) is 23.0. The first-order chi connectivity index (χ1) is 15.7. The standard InChI is InChI=1S/C27H27ClO5/c1-14-11-18-17-7-6-15-12-16(29)8-9-24(15,2)27(17)20(32-27)13-25(18,3)26(14)23(30)21(28)22(33-26)19-5-4-10-31-19/h4-5,8-10,12,14,17-18,20H,6-7,11,13H2,1-3H3/t14-,17+,18+,20+,24+,25+,26+,27-/m1/s1. The highest BCUT2D eigenvalue weighted by atomic mass is 35.5. The fourth-order valence-corrected chi connectivity index (χ4v) is 9.03. The van der Waals surface area contributed by atoms with Gasteiger partial charge >= 0.3 is 0 Å². The first-order valence-electron chi connectivity index (χ1n) is 12.0. The van der Waals surface area contributed by atoms with E-state index in [1.807, 2.05) is 6.08 Å². The van der Waals surface area contributed by atoms with Crippen molar-refractivity contribution in [3.63, 3.8) is 0 Å². The molecule has 0 aromatic carbocycles. The smallest absolute Gasteiger partial charge is 0.222 e. The molecule has 8 atom stereocenters. The maximum absolute atomic E-state index is 13.9. The number of hydrogen-bond donors (Lipinski definition) is 0. The quantitative estimate of drug-likeness (QED) is 0.531. The van der Waals surface area contributed by atoms with Crippen LogP contribution in [-0.4, -0.2) is 28.9 Å². The zero-order valence-corrected chi connectivity index (χ0v) is 19.8. The molecule has 0 bridgehead atoms. The number of hydrogen-bond acceptors (Lipinski definition) is 5. The topological polar surface area (TPSA) is 69.0 Å². The van der Waals surface area contributed by atoms with Crippen LogP contribution in [0.1, 0.15) is 52.2 Å². The van der Waals surface area contributed by atoms with E-state index in [4.69, 9.17) is 25.5 Å². The molecule has 2 spiro atoms. The van der Waals surface area contributed by atoms with Crippen molar-refractivity contribution in [3.05, 3.63) is 53.0 Å². The average molecular weight is 467 g/mol. The van der Waals surface area contributed by atoms with Crippen LogP contribution >= 0.6 is 11.6 Å². The molecule has 33 heavy (non-hydrogen) atoms. The Morgan fingerprint density at radius 1 is 1.18 bits per heavy atom. The van der Waals surface area contributed by atoms with Gasteiger partial charge in [-0.25, -0.2) is 0 Å². The molecule has 3 saturated carbocycles. The van der Waals surface area contributed by atoms with E-state index in [0.29, 0.717) is 17.4 Å². The summed E-state index contributed by atoms with van der Waals surface area (Å²) in [5.41, 5.74) is -0.795. The Kier molecular flexibility index (Phi) is 3.64. The van der Waals surface area contributed by atoms with Crippen molar-refractivity contribution in [2.45, 2.75) is 63.8 Å². The van der Waals surface area contributed by atoms with Crippen molar-refractivity contribution in [1.82, 2.24) is 0 Å². The van der Waals surface area contributed by atoms with E-state index in [9.17, 15) is 9.59 Å². The molecule has 0 unspecified atom stereocenters. The van der Waals surface area contributed by atoms with E-state index >= 15 is 0 Å². The fourth-order valence-electron chi connectivity index (χ4n) is 8.75. The van der Waals surface area contributed by atoms with Crippen molar-refractivity contribution in [1.29, 1.82) is 0 Å². The summed E-state index contributed by atoms with van der Waals surface area (Å²) in [6.45, 7) is 6.58. The molecule has 1 saturated heterocycles. The molecular formula is C27H27ClO5. The number of ether oxygens (including phenoxy) is 2. The number of epoxide rings is 1.